The predicted molar refractivity (Wildman–Crippen MR) is 91.9 cm³/mol. The number of ether oxygens (including phenoxy) is 1. The first-order valence-electron chi connectivity index (χ1n) is 8.12. The van der Waals surface area contributed by atoms with E-state index in [0.717, 1.165) is 17.7 Å². The van der Waals surface area contributed by atoms with Crippen molar-refractivity contribution in [3.63, 3.8) is 0 Å². The largest absolute Gasteiger partial charge is 0.413 e. The number of thiophene rings is 1. The Hall–Kier alpha value is -1.85. The van der Waals surface area contributed by atoms with Crippen LogP contribution in [0.3, 0.4) is 0 Å². The fourth-order valence-electron chi connectivity index (χ4n) is 3.55. The Bertz CT molecular complexity index is 677. The Morgan fingerprint density at radius 2 is 1.96 bits per heavy atom. The van der Waals surface area contributed by atoms with Crippen molar-refractivity contribution in [1.29, 1.82) is 0 Å². The zero-order valence-corrected chi connectivity index (χ0v) is 13.7. The second-order valence-corrected chi connectivity index (χ2v) is 7.17. The summed E-state index contributed by atoms with van der Waals surface area (Å²) in [6.45, 7) is 3.30. The van der Waals surface area contributed by atoms with Gasteiger partial charge in [-0.25, -0.2) is 4.79 Å². The van der Waals surface area contributed by atoms with Crippen LogP contribution in [0.25, 0.3) is 11.1 Å². The molecule has 0 saturated carbocycles. The molecule has 23 heavy (non-hydrogen) atoms. The van der Waals surface area contributed by atoms with Crippen molar-refractivity contribution < 1.29 is 9.53 Å². The lowest BCUT2D eigenvalue weighted by molar-refractivity contribution is 0.0726. The van der Waals surface area contributed by atoms with Crippen molar-refractivity contribution in [3.8, 4) is 16.2 Å². The summed E-state index contributed by atoms with van der Waals surface area (Å²) in [4.78, 5) is 14.6. The second kappa shape index (κ2) is 6.34. The van der Waals surface area contributed by atoms with Crippen LogP contribution in [-0.2, 0) is 0 Å². The van der Waals surface area contributed by atoms with Gasteiger partial charge >= 0.3 is 6.09 Å². The Labute approximate surface area is 140 Å². The number of fused-ring (bicyclic) bond motifs is 3. The third kappa shape index (κ3) is 3.26. The molecule has 2 bridgehead atoms. The van der Waals surface area contributed by atoms with E-state index in [1.54, 1.807) is 0 Å². The molecule has 3 fully saturated rings. The fourth-order valence-corrected chi connectivity index (χ4v) is 4.32. The molecule has 2 aromatic rings. The molecule has 3 aliphatic heterocycles. The molecule has 5 heteroatoms. The summed E-state index contributed by atoms with van der Waals surface area (Å²) in [5.41, 5.74) is 2.22. The number of benzene rings is 1. The Balaban J connectivity index is 1.37. The topological polar surface area (TPSA) is 41.6 Å². The lowest BCUT2D eigenvalue weighted by Crippen LogP contribution is -2.57. The fraction of sp³-hybridized carbons (Fsp3) is 0.389. The van der Waals surface area contributed by atoms with E-state index < -0.39 is 0 Å². The van der Waals surface area contributed by atoms with Crippen LogP contribution in [0.15, 0.2) is 41.8 Å². The highest BCUT2D eigenvalue weighted by Crippen LogP contribution is 2.31. The van der Waals surface area contributed by atoms with Gasteiger partial charge in [0.15, 0.2) is 5.06 Å². The zero-order chi connectivity index (χ0) is 15.6. The number of amides is 1. The summed E-state index contributed by atoms with van der Waals surface area (Å²) in [5, 5.41) is 5.71. The molecule has 1 aromatic carbocycles. The van der Waals surface area contributed by atoms with Gasteiger partial charge in [-0.2, -0.15) is 0 Å². The average molecular weight is 328 g/mol. The van der Waals surface area contributed by atoms with E-state index in [0.29, 0.717) is 11.0 Å². The number of carbonyl (C=O) groups excluding carboxylic acids is 1. The Morgan fingerprint density at radius 3 is 2.65 bits per heavy atom. The maximum absolute atomic E-state index is 12.2. The van der Waals surface area contributed by atoms with Crippen LogP contribution in [-0.4, -0.2) is 36.7 Å². The van der Waals surface area contributed by atoms with Gasteiger partial charge in [-0.15, -0.1) is 11.3 Å². The summed E-state index contributed by atoms with van der Waals surface area (Å²) in [7, 11) is 0. The normalized spacial score (nSPS) is 26.0. The van der Waals surface area contributed by atoms with Crippen LogP contribution in [0.2, 0.25) is 0 Å². The molecule has 0 spiro atoms. The summed E-state index contributed by atoms with van der Waals surface area (Å²) >= 11 is 1.46. The van der Waals surface area contributed by atoms with Crippen molar-refractivity contribution in [3.05, 3.63) is 41.8 Å². The predicted octanol–water partition coefficient (Wildman–Crippen LogP) is 3.60. The number of rotatable bonds is 3. The number of piperidine rings is 3. The van der Waals surface area contributed by atoms with Crippen molar-refractivity contribution in [2.24, 2.45) is 5.92 Å². The minimum atomic E-state index is -0.329. The molecule has 4 nitrogen and oxygen atoms in total. The molecular formula is C18H20N2O2S. The summed E-state index contributed by atoms with van der Waals surface area (Å²) in [5.74, 6) is 0.607. The van der Waals surface area contributed by atoms with Crippen molar-refractivity contribution >= 4 is 17.4 Å². The van der Waals surface area contributed by atoms with Gasteiger partial charge in [-0.1, -0.05) is 30.3 Å². The molecule has 120 valence electrons. The summed E-state index contributed by atoms with van der Waals surface area (Å²) in [6.07, 6.45) is 2.04. The average Bonchev–Trinajstić information content (AvgIpc) is 3.05. The molecule has 1 N–H and O–H groups in total. The highest BCUT2D eigenvalue weighted by Gasteiger charge is 2.35. The van der Waals surface area contributed by atoms with E-state index in [1.165, 1.54) is 37.3 Å². The van der Waals surface area contributed by atoms with E-state index in [1.807, 2.05) is 29.6 Å². The minimum absolute atomic E-state index is 0.235. The van der Waals surface area contributed by atoms with Gasteiger partial charge in [0.25, 0.3) is 0 Å². The van der Waals surface area contributed by atoms with E-state index in [9.17, 15) is 4.79 Å². The van der Waals surface area contributed by atoms with Crippen molar-refractivity contribution in [2.75, 3.05) is 19.6 Å². The molecule has 4 heterocycles. The Morgan fingerprint density at radius 1 is 1.17 bits per heavy atom. The van der Waals surface area contributed by atoms with Crippen LogP contribution in [0.1, 0.15) is 12.8 Å². The van der Waals surface area contributed by atoms with Gasteiger partial charge in [-0.3, -0.25) is 0 Å². The van der Waals surface area contributed by atoms with Crippen LogP contribution >= 0.6 is 11.3 Å². The molecule has 1 atom stereocenters. The summed E-state index contributed by atoms with van der Waals surface area (Å²) < 4.78 is 5.48. The SMILES string of the molecule is O=C(NC1CN2CCC1CC2)Oc1cc(-c2ccccc2)cs1. The lowest BCUT2D eigenvalue weighted by Gasteiger charge is -2.44. The molecule has 0 radical (unpaired) electrons. The van der Waals surface area contributed by atoms with Gasteiger partial charge in [0, 0.05) is 24.0 Å². The highest BCUT2D eigenvalue weighted by molar-refractivity contribution is 7.12. The number of hydrogen-bond donors (Lipinski definition) is 1. The minimum Gasteiger partial charge on any atom is -0.399 e. The Kier molecular flexibility index (Phi) is 4.06. The van der Waals surface area contributed by atoms with Crippen molar-refractivity contribution in [2.45, 2.75) is 18.9 Å². The maximum atomic E-state index is 12.2. The molecule has 1 aromatic heterocycles. The molecular weight excluding hydrogens is 308 g/mol. The van der Waals surface area contributed by atoms with Crippen molar-refractivity contribution in [1.82, 2.24) is 10.2 Å². The molecule has 0 aliphatic carbocycles. The zero-order valence-electron chi connectivity index (χ0n) is 12.9. The molecule has 5 rings (SSSR count). The number of nitrogens with one attached hydrogen (secondary N) is 1. The van der Waals surface area contributed by atoms with E-state index >= 15 is 0 Å². The van der Waals surface area contributed by atoms with E-state index in [4.69, 9.17) is 4.74 Å². The quantitative estimate of drug-likeness (QED) is 0.936. The second-order valence-electron chi connectivity index (χ2n) is 6.30. The highest BCUT2D eigenvalue weighted by atomic mass is 32.1. The van der Waals surface area contributed by atoms with Crippen LogP contribution in [0.4, 0.5) is 4.79 Å². The number of carbonyl (C=O) groups is 1. The number of hydrogen-bond acceptors (Lipinski definition) is 4. The molecule has 3 aliphatic rings. The van der Waals surface area contributed by atoms with E-state index in [-0.39, 0.29) is 12.1 Å². The standard InChI is InChI=1S/C18H20N2O2S/c21-18(19-16-11-20-8-6-14(16)7-9-20)22-17-10-15(12-23-17)13-4-2-1-3-5-13/h1-5,10,12,14,16H,6-9,11H2,(H,19,21). The monoisotopic (exact) mass is 328 g/mol. The molecule has 3 saturated heterocycles. The van der Waals surface area contributed by atoms with Gasteiger partial charge in [0.1, 0.15) is 0 Å². The van der Waals surface area contributed by atoms with E-state index in [2.05, 4.69) is 22.3 Å². The third-order valence-electron chi connectivity index (χ3n) is 4.84. The molecule has 1 amide bonds. The summed E-state index contributed by atoms with van der Waals surface area (Å²) in [6, 6.07) is 12.3. The van der Waals surface area contributed by atoms with Gasteiger partial charge < -0.3 is 15.0 Å². The van der Waals surface area contributed by atoms with Gasteiger partial charge in [-0.05, 0) is 43.0 Å². The first-order chi connectivity index (χ1) is 11.3. The van der Waals surface area contributed by atoms with Crippen LogP contribution < -0.4 is 10.1 Å². The van der Waals surface area contributed by atoms with Gasteiger partial charge in [0.05, 0.1) is 0 Å². The number of nitrogens with zero attached hydrogens (tertiary/aromatic N) is 1. The first kappa shape index (κ1) is 14.7. The smallest absolute Gasteiger partial charge is 0.399 e. The lowest BCUT2D eigenvalue weighted by atomic mass is 9.84. The third-order valence-corrected chi connectivity index (χ3v) is 5.64. The molecule has 1 unspecified atom stereocenters. The first-order valence-corrected chi connectivity index (χ1v) is 9.00. The van der Waals surface area contributed by atoms with Gasteiger partial charge in [0.2, 0.25) is 0 Å². The maximum Gasteiger partial charge on any atom is 0.413 e. The van der Waals surface area contributed by atoms with Crippen LogP contribution in [0.5, 0.6) is 5.06 Å². The van der Waals surface area contributed by atoms with Crippen LogP contribution in [0, 0.1) is 5.92 Å².